The van der Waals surface area contributed by atoms with Gasteiger partial charge >= 0.3 is 0 Å². The molecule has 2 aromatic heterocycles. The molecule has 0 spiro atoms. The number of rotatable bonds is 6. The molecule has 7 heteroatoms. The van der Waals surface area contributed by atoms with Crippen molar-refractivity contribution in [2.45, 2.75) is 37.6 Å². The number of thioether (sulfide) groups is 1. The van der Waals surface area contributed by atoms with E-state index in [2.05, 4.69) is 27.0 Å². The lowest BCUT2D eigenvalue weighted by molar-refractivity contribution is -0.115. The fraction of sp³-hybridized carbons (Fsp3) is 0.316. The van der Waals surface area contributed by atoms with Crippen molar-refractivity contribution in [3.63, 3.8) is 0 Å². The summed E-state index contributed by atoms with van der Waals surface area (Å²) in [5.74, 6) is 0.868. The Morgan fingerprint density at radius 1 is 1.23 bits per heavy atom. The van der Waals surface area contributed by atoms with Gasteiger partial charge in [-0.3, -0.25) is 4.79 Å². The van der Waals surface area contributed by atoms with Crippen LogP contribution in [0.3, 0.4) is 0 Å². The Kier molecular flexibility index (Phi) is 5.78. The molecular formula is C19H22N4OS2. The molecule has 3 rings (SSSR count). The summed E-state index contributed by atoms with van der Waals surface area (Å²) in [4.78, 5) is 13.9. The van der Waals surface area contributed by atoms with Gasteiger partial charge in [0.1, 0.15) is 5.82 Å². The van der Waals surface area contributed by atoms with Crippen molar-refractivity contribution < 1.29 is 4.79 Å². The van der Waals surface area contributed by atoms with Gasteiger partial charge in [-0.15, -0.1) is 21.5 Å². The first-order valence-electron chi connectivity index (χ1n) is 8.40. The number of amides is 1. The first kappa shape index (κ1) is 18.7. The summed E-state index contributed by atoms with van der Waals surface area (Å²) in [6, 6.07) is 10.1. The molecule has 1 aromatic carbocycles. The molecule has 0 aliphatic rings. The molecule has 26 heavy (non-hydrogen) atoms. The first-order valence-corrected chi connectivity index (χ1v) is 10.2. The minimum absolute atomic E-state index is 0.0322. The average Bonchev–Trinajstić information content (AvgIpc) is 3.23. The molecule has 1 N–H and O–H groups in total. The Labute approximate surface area is 161 Å². The fourth-order valence-electron chi connectivity index (χ4n) is 2.62. The number of benzene rings is 1. The van der Waals surface area contributed by atoms with Gasteiger partial charge in [0.2, 0.25) is 5.91 Å². The number of hydrogen-bond donors (Lipinski definition) is 1. The van der Waals surface area contributed by atoms with E-state index in [1.54, 1.807) is 11.3 Å². The Bertz CT molecular complexity index is 882. The molecule has 0 saturated heterocycles. The van der Waals surface area contributed by atoms with Crippen LogP contribution in [0.1, 0.15) is 28.8 Å². The smallest absolute Gasteiger partial charge is 0.237 e. The summed E-state index contributed by atoms with van der Waals surface area (Å²) >= 11 is 3.13. The van der Waals surface area contributed by atoms with E-state index in [-0.39, 0.29) is 11.2 Å². The zero-order chi connectivity index (χ0) is 18.7. The zero-order valence-corrected chi connectivity index (χ0v) is 16.9. The third-order valence-corrected chi connectivity index (χ3v) is 6.23. The molecule has 0 bridgehead atoms. The monoisotopic (exact) mass is 386 g/mol. The summed E-state index contributed by atoms with van der Waals surface area (Å²) in [7, 11) is 1.95. The van der Waals surface area contributed by atoms with Crippen molar-refractivity contribution in [2.75, 3.05) is 5.32 Å². The summed E-state index contributed by atoms with van der Waals surface area (Å²) < 4.78 is 1.97. The molecule has 1 atom stereocenters. The lowest BCUT2D eigenvalue weighted by Crippen LogP contribution is -2.23. The number of thiophene rings is 1. The Hall–Kier alpha value is -2.12. The van der Waals surface area contributed by atoms with E-state index in [1.807, 2.05) is 56.7 Å². The maximum atomic E-state index is 12.6. The zero-order valence-electron chi connectivity index (χ0n) is 15.3. The lowest BCUT2D eigenvalue weighted by Gasteiger charge is -2.15. The highest BCUT2D eigenvalue weighted by atomic mass is 32.2. The summed E-state index contributed by atoms with van der Waals surface area (Å²) in [6.07, 6.45) is 0.755. The van der Waals surface area contributed by atoms with Crippen LogP contribution in [0.2, 0.25) is 0 Å². The number of para-hydroxylation sites is 1. The maximum Gasteiger partial charge on any atom is 0.237 e. The third kappa shape index (κ3) is 4.16. The number of aryl methyl sites for hydroxylation is 2. The Morgan fingerprint density at radius 3 is 2.62 bits per heavy atom. The highest BCUT2D eigenvalue weighted by Gasteiger charge is 2.20. The largest absolute Gasteiger partial charge is 0.325 e. The second-order valence-electron chi connectivity index (χ2n) is 6.23. The minimum atomic E-state index is -0.272. The van der Waals surface area contributed by atoms with Crippen LogP contribution in [0.25, 0.3) is 0 Å². The van der Waals surface area contributed by atoms with Crippen LogP contribution >= 0.6 is 23.1 Å². The normalized spacial score (nSPS) is 12.2. The Morgan fingerprint density at radius 2 is 1.96 bits per heavy atom. The minimum Gasteiger partial charge on any atom is -0.325 e. The molecule has 5 nitrogen and oxygen atoms in total. The SMILES string of the molecule is Cc1cccc(C)c1NC(=O)[C@H](C)Sc1nnc(Cc2cccs2)n1C. The van der Waals surface area contributed by atoms with E-state index in [4.69, 9.17) is 0 Å². The van der Waals surface area contributed by atoms with Crippen molar-refractivity contribution in [1.29, 1.82) is 0 Å². The van der Waals surface area contributed by atoms with Crippen molar-refractivity contribution >= 4 is 34.7 Å². The van der Waals surface area contributed by atoms with E-state index < -0.39 is 0 Å². The van der Waals surface area contributed by atoms with Gasteiger partial charge in [0, 0.05) is 24.0 Å². The number of anilines is 1. The molecule has 0 fully saturated rings. The van der Waals surface area contributed by atoms with Gasteiger partial charge < -0.3 is 9.88 Å². The van der Waals surface area contributed by atoms with Crippen molar-refractivity contribution in [2.24, 2.45) is 7.05 Å². The number of nitrogens with zero attached hydrogens (tertiary/aromatic N) is 3. The highest BCUT2D eigenvalue weighted by Crippen LogP contribution is 2.25. The number of hydrogen-bond acceptors (Lipinski definition) is 5. The van der Waals surface area contributed by atoms with Crippen LogP contribution in [0.4, 0.5) is 5.69 Å². The second-order valence-corrected chi connectivity index (χ2v) is 8.57. The molecule has 0 unspecified atom stereocenters. The molecule has 0 radical (unpaired) electrons. The van der Waals surface area contributed by atoms with Crippen LogP contribution in [0.15, 0.2) is 40.9 Å². The highest BCUT2D eigenvalue weighted by molar-refractivity contribution is 8.00. The van der Waals surface area contributed by atoms with Gasteiger partial charge in [-0.1, -0.05) is 36.0 Å². The van der Waals surface area contributed by atoms with E-state index in [0.29, 0.717) is 0 Å². The van der Waals surface area contributed by atoms with Gasteiger partial charge in [-0.2, -0.15) is 0 Å². The number of carbonyl (C=O) groups is 1. The van der Waals surface area contributed by atoms with Crippen molar-refractivity contribution in [3.05, 3.63) is 57.5 Å². The van der Waals surface area contributed by atoms with Gasteiger partial charge in [0.25, 0.3) is 0 Å². The standard InChI is InChI=1S/C19H22N4OS2/c1-12-7-5-8-13(2)17(12)20-18(24)14(3)26-19-22-21-16(23(19)4)11-15-9-6-10-25-15/h5-10,14H,11H2,1-4H3,(H,20,24)/t14-/m0/s1. The predicted molar refractivity (Wildman–Crippen MR) is 108 cm³/mol. The number of carbonyl (C=O) groups excluding carboxylic acids is 1. The fourth-order valence-corrected chi connectivity index (χ4v) is 4.15. The number of nitrogens with one attached hydrogen (secondary N) is 1. The summed E-state index contributed by atoms with van der Waals surface area (Å²) in [5.41, 5.74) is 3.01. The van der Waals surface area contributed by atoms with Crippen molar-refractivity contribution in [1.82, 2.24) is 14.8 Å². The van der Waals surface area contributed by atoms with Gasteiger partial charge in [-0.25, -0.2) is 0 Å². The number of aromatic nitrogens is 3. The topological polar surface area (TPSA) is 59.8 Å². The van der Waals surface area contributed by atoms with Crippen LogP contribution in [0.5, 0.6) is 0 Å². The average molecular weight is 387 g/mol. The van der Waals surface area contributed by atoms with Crippen LogP contribution in [0, 0.1) is 13.8 Å². The van der Waals surface area contributed by atoms with Crippen molar-refractivity contribution in [3.8, 4) is 0 Å². The van der Waals surface area contributed by atoms with E-state index in [1.165, 1.54) is 16.6 Å². The Balaban J connectivity index is 1.67. The van der Waals surface area contributed by atoms with Gasteiger partial charge in [0.05, 0.1) is 5.25 Å². The van der Waals surface area contributed by atoms with Gasteiger partial charge in [-0.05, 0) is 43.3 Å². The summed E-state index contributed by atoms with van der Waals surface area (Å²) in [6.45, 7) is 5.89. The third-order valence-electron chi connectivity index (χ3n) is 4.22. The van der Waals surface area contributed by atoms with E-state index in [0.717, 1.165) is 34.2 Å². The van der Waals surface area contributed by atoms with Crippen LogP contribution in [-0.4, -0.2) is 25.9 Å². The summed E-state index contributed by atoms with van der Waals surface area (Å²) in [5, 5.41) is 14.1. The molecule has 2 heterocycles. The molecular weight excluding hydrogens is 364 g/mol. The molecule has 136 valence electrons. The molecule has 3 aromatic rings. The molecule has 0 aliphatic carbocycles. The van der Waals surface area contributed by atoms with E-state index >= 15 is 0 Å². The van der Waals surface area contributed by atoms with Crippen LogP contribution < -0.4 is 5.32 Å². The first-order chi connectivity index (χ1) is 12.5. The maximum absolute atomic E-state index is 12.6. The van der Waals surface area contributed by atoms with Gasteiger partial charge in [0.15, 0.2) is 5.16 Å². The molecule has 0 aliphatic heterocycles. The quantitative estimate of drug-likeness (QED) is 0.645. The molecule has 1 amide bonds. The lowest BCUT2D eigenvalue weighted by atomic mass is 10.1. The predicted octanol–water partition coefficient (Wildman–Crippen LogP) is 4.20. The van der Waals surface area contributed by atoms with E-state index in [9.17, 15) is 4.79 Å². The van der Waals surface area contributed by atoms with Crippen LogP contribution in [-0.2, 0) is 18.3 Å². The second kappa shape index (κ2) is 8.05. The molecule has 0 saturated carbocycles.